The Morgan fingerprint density at radius 2 is 1.94 bits per heavy atom. The second-order valence-electron chi connectivity index (χ2n) is 8.58. The molecule has 1 saturated heterocycles. The highest BCUT2D eigenvalue weighted by Gasteiger charge is 2.47. The summed E-state index contributed by atoms with van der Waals surface area (Å²) in [6.07, 6.45) is -0.752. The van der Waals surface area contributed by atoms with Crippen molar-refractivity contribution in [1.82, 2.24) is 10.2 Å². The number of hydrogen-bond acceptors (Lipinski definition) is 4. The Labute approximate surface area is 182 Å². The van der Waals surface area contributed by atoms with Crippen molar-refractivity contribution in [1.29, 1.82) is 0 Å². The Hall–Kier alpha value is -1.80. The van der Waals surface area contributed by atoms with Crippen LogP contribution in [0.15, 0.2) is 24.3 Å². The third-order valence-electron chi connectivity index (χ3n) is 6.42. The van der Waals surface area contributed by atoms with Crippen LogP contribution in [0.3, 0.4) is 0 Å². The maximum Gasteiger partial charge on any atom is 0.392 e. The summed E-state index contributed by atoms with van der Waals surface area (Å²) in [4.78, 5) is 14.7. The molecule has 1 aliphatic carbocycles. The van der Waals surface area contributed by atoms with E-state index >= 15 is 0 Å². The van der Waals surface area contributed by atoms with Crippen LogP contribution in [0.25, 0.3) is 0 Å². The van der Waals surface area contributed by atoms with Gasteiger partial charge in [0.25, 0.3) is 0 Å². The van der Waals surface area contributed by atoms with Gasteiger partial charge in [-0.3, -0.25) is 9.69 Å². The second kappa shape index (κ2) is 11.2. The number of nitrogens with one attached hydrogen (secondary N) is 1. The van der Waals surface area contributed by atoms with Gasteiger partial charge in [0.1, 0.15) is 12.4 Å². The molecule has 1 heterocycles. The summed E-state index contributed by atoms with van der Waals surface area (Å²) < 4.78 is 51.0. The first-order chi connectivity index (χ1) is 14.8. The van der Waals surface area contributed by atoms with Crippen LogP contribution < -0.4 is 10.1 Å². The number of benzene rings is 1. The summed E-state index contributed by atoms with van der Waals surface area (Å²) in [7, 11) is 2.09. The molecule has 31 heavy (non-hydrogen) atoms. The lowest BCUT2D eigenvalue weighted by Crippen LogP contribution is -2.42. The van der Waals surface area contributed by atoms with E-state index in [2.05, 4.69) is 17.3 Å². The summed E-state index contributed by atoms with van der Waals surface area (Å²) in [6.45, 7) is 3.13. The molecule has 0 radical (unpaired) electrons. The number of carbonyl (C=O) groups is 1. The third kappa shape index (κ3) is 7.10. The highest BCUT2D eigenvalue weighted by molar-refractivity contribution is 5.79. The van der Waals surface area contributed by atoms with Crippen molar-refractivity contribution in [3.63, 3.8) is 0 Å². The van der Waals surface area contributed by atoms with Crippen molar-refractivity contribution < 1.29 is 27.4 Å². The zero-order valence-electron chi connectivity index (χ0n) is 18.1. The van der Waals surface area contributed by atoms with Crippen LogP contribution in [0.5, 0.6) is 5.75 Å². The summed E-state index contributed by atoms with van der Waals surface area (Å²) in [5, 5.41) is 2.70. The predicted octanol–water partition coefficient (Wildman–Crippen LogP) is 4.16. The van der Waals surface area contributed by atoms with Gasteiger partial charge in [-0.15, -0.1) is 0 Å². The topological polar surface area (TPSA) is 50.8 Å². The Morgan fingerprint density at radius 3 is 2.68 bits per heavy atom. The summed E-state index contributed by atoms with van der Waals surface area (Å²) in [5.41, 5.74) is 0.808. The highest BCUT2D eigenvalue weighted by Crippen LogP contribution is 2.41. The largest absolute Gasteiger partial charge is 0.492 e. The van der Waals surface area contributed by atoms with Crippen LogP contribution in [0.1, 0.15) is 44.1 Å². The molecule has 2 atom stereocenters. The van der Waals surface area contributed by atoms with E-state index in [4.69, 9.17) is 9.47 Å². The van der Waals surface area contributed by atoms with Gasteiger partial charge in [0.15, 0.2) is 0 Å². The number of amides is 1. The number of rotatable bonds is 8. The monoisotopic (exact) mass is 442 g/mol. The number of likely N-dealkylation sites (N-methyl/N-ethyl adjacent to an activating group) is 1. The van der Waals surface area contributed by atoms with Gasteiger partial charge in [-0.1, -0.05) is 25.0 Å². The van der Waals surface area contributed by atoms with Crippen LogP contribution >= 0.6 is 0 Å². The molecule has 1 saturated carbocycles. The van der Waals surface area contributed by atoms with Crippen LogP contribution in [0.2, 0.25) is 0 Å². The molecule has 2 unspecified atom stereocenters. The maximum atomic E-state index is 13.3. The fourth-order valence-electron chi connectivity index (χ4n) is 4.52. The van der Waals surface area contributed by atoms with E-state index in [9.17, 15) is 18.0 Å². The third-order valence-corrected chi connectivity index (χ3v) is 6.42. The van der Waals surface area contributed by atoms with Gasteiger partial charge in [0, 0.05) is 38.3 Å². The van der Waals surface area contributed by atoms with E-state index in [0.717, 1.165) is 38.2 Å². The van der Waals surface area contributed by atoms with Crippen molar-refractivity contribution >= 4 is 5.91 Å². The second-order valence-corrected chi connectivity index (χ2v) is 8.58. The Bertz CT molecular complexity index is 708. The lowest BCUT2D eigenvalue weighted by Gasteiger charge is -2.32. The minimum Gasteiger partial charge on any atom is -0.492 e. The van der Waals surface area contributed by atoms with Crippen molar-refractivity contribution in [2.24, 2.45) is 11.8 Å². The number of hydrogen-bond donors (Lipinski definition) is 1. The normalized spacial score (nSPS) is 23.0. The quantitative estimate of drug-likeness (QED) is 0.657. The molecule has 0 bridgehead atoms. The van der Waals surface area contributed by atoms with Gasteiger partial charge in [-0.25, -0.2) is 0 Å². The van der Waals surface area contributed by atoms with Gasteiger partial charge in [0.05, 0.1) is 5.92 Å². The van der Waals surface area contributed by atoms with E-state index in [1.165, 1.54) is 0 Å². The molecule has 0 aromatic heterocycles. The summed E-state index contributed by atoms with van der Waals surface area (Å²) >= 11 is 0. The first-order valence-corrected chi connectivity index (χ1v) is 11.2. The summed E-state index contributed by atoms with van der Waals surface area (Å²) in [6, 6.07) is 7.86. The number of nitrogens with zero attached hydrogens (tertiary/aromatic N) is 1. The molecular weight excluding hydrogens is 409 g/mol. The number of halogens is 3. The predicted molar refractivity (Wildman–Crippen MR) is 112 cm³/mol. The van der Waals surface area contributed by atoms with E-state index in [1.54, 1.807) is 0 Å². The number of carbonyl (C=O) groups excluding carboxylic acids is 1. The molecule has 2 aliphatic rings. The van der Waals surface area contributed by atoms with Gasteiger partial charge >= 0.3 is 6.18 Å². The number of alkyl halides is 3. The molecule has 1 aromatic rings. The van der Waals surface area contributed by atoms with E-state index in [-0.39, 0.29) is 13.0 Å². The van der Waals surface area contributed by atoms with E-state index in [0.29, 0.717) is 37.7 Å². The molecule has 1 N–H and O–H groups in total. The Kier molecular flexibility index (Phi) is 8.60. The highest BCUT2D eigenvalue weighted by atomic mass is 19.4. The molecular formula is C23H33F3N2O3. The smallest absolute Gasteiger partial charge is 0.392 e. The van der Waals surface area contributed by atoms with Gasteiger partial charge in [-0.2, -0.15) is 13.2 Å². The van der Waals surface area contributed by atoms with Crippen molar-refractivity contribution in [3.8, 4) is 5.75 Å². The fourth-order valence-corrected chi connectivity index (χ4v) is 4.52. The Balaban J connectivity index is 1.46. The minimum atomic E-state index is -4.33. The molecule has 8 heteroatoms. The first kappa shape index (κ1) is 23.9. The van der Waals surface area contributed by atoms with Crippen molar-refractivity contribution in [2.75, 3.05) is 33.4 Å². The number of ether oxygens (including phenoxy) is 2. The molecule has 5 nitrogen and oxygen atoms in total. The van der Waals surface area contributed by atoms with Gasteiger partial charge in [0.2, 0.25) is 5.91 Å². The SMILES string of the molecule is CN(CCOc1cccc(CNC(=O)C2CCCCC2C(F)(F)F)c1)C1CCOCC1. The fraction of sp³-hybridized carbons (Fsp3) is 0.696. The molecule has 1 aliphatic heterocycles. The zero-order valence-corrected chi connectivity index (χ0v) is 18.1. The van der Waals surface area contributed by atoms with Gasteiger partial charge in [-0.05, 0) is 50.4 Å². The Morgan fingerprint density at radius 1 is 1.19 bits per heavy atom. The van der Waals surface area contributed by atoms with E-state index in [1.807, 2.05) is 24.3 Å². The molecule has 174 valence electrons. The van der Waals surface area contributed by atoms with E-state index < -0.39 is 23.9 Å². The van der Waals surface area contributed by atoms with Crippen LogP contribution in [0.4, 0.5) is 13.2 Å². The standard InChI is InChI=1S/C23H33F3N2O3/c1-28(18-9-12-30-13-10-18)11-14-31-19-6-4-5-17(15-19)16-27-22(29)20-7-2-3-8-21(20)23(24,25)26/h4-6,15,18,20-21H,2-3,7-14,16H2,1H3,(H,27,29). The average Bonchev–Trinajstić information content (AvgIpc) is 2.77. The first-order valence-electron chi connectivity index (χ1n) is 11.2. The maximum absolute atomic E-state index is 13.3. The zero-order chi connectivity index (χ0) is 22.3. The van der Waals surface area contributed by atoms with Crippen LogP contribution in [-0.4, -0.2) is 56.4 Å². The summed E-state index contributed by atoms with van der Waals surface area (Å²) in [5.74, 6) is -2.35. The average molecular weight is 443 g/mol. The van der Waals surface area contributed by atoms with Gasteiger partial charge < -0.3 is 14.8 Å². The minimum absolute atomic E-state index is 0.0350. The van der Waals surface area contributed by atoms with Crippen molar-refractivity contribution in [2.45, 2.75) is 57.3 Å². The lowest BCUT2D eigenvalue weighted by atomic mass is 9.78. The van der Waals surface area contributed by atoms with Crippen molar-refractivity contribution in [3.05, 3.63) is 29.8 Å². The lowest BCUT2D eigenvalue weighted by molar-refractivity contribution is -0.198. The molecule has 3 rings (SSSR count). The molecule has 1 amide bonds. The van der Waals surface area contributed by atoms with Crippen LogP contribution in [0, 0.1) is 11.8 Å². The molecule has 1 aromatic carbocycles. The molecule has 2 fully saturated rings. The van der Waals surface area contributed by atoms with Crippen LogP contribution in [-0.2, 0) is 16.1 Å². The molecule has 0 spiro atoms.